The molecule has 1 unspecified atom stereocenters. The van der Waals surface area contributed by atoms with Crippen LogP contribution >= 0.6 is 0 Å². The highest BCUT2D eigenvalue weighted by Crippen LogP contribution is 2.27. The number of piperazine rings is 1. The van der Waals surface area contributed by atoms with Gasteiger partial charge in [0.05, 0.1) is 5.69 Å². The highest BCUT2D eigenvalue weighted by Gasteiger charge is 2.30. The summed E-state index contributed by atoms with van der Waals surface area (Å²) in [7, 11) is 1.69. The summed E-state index contributed by atoms with van der Waals surface area (Å²) >= 11 is 0. The third-order valence-corrected chi connectivity index (χ3v) is 4.91. The molecule has 1 aromatic carbocycles. The van der Waals surface area contributed by atoms with Crippen LogP contribution in [0.5, 0.6) is 0 Å². The van der Waals surface area contributed by atoms with Crippen LogP contribution in [0, 0.1) is 5.82 Å². The van der Waals surface area contributed by atoms with Crippen molar-refractivity contribution in [1.29, 1.82) is 0 Å². The number of amides is 3. The van der Waals surface area contributed by atoms with Crippen molar-refractivity contribution in [2.75, 3.05) is 43.0 Å². The van der Waals surface area contributed by atoms with Gasteiger partial charge in [-0.1, -0.05) is 0 Å². The highest BCUT2D eigenvalue weighted by atomic mass is 19.1. The zero-order valence-electron chi connectivity index (χ0n) is 14.4. The van der Waals surface area contributed by atoms with E-state index in [9.17, 15) is 18.8 Å². The third kappa shape index (κ3) is 3.56. The van der Waals surface area contributed by atoms with Gasteiger partial charge in [-0.3, -0.25) is 14.9 Å². The lowest BCUT2D eigenvalue weighted by molar-refractivity contribution is -0.134. The van der Waals surface area contributed by atoms with Crippen LogP contribution in [-0.4, -0.2) is 67.2 Å². The Hall–Kier alpha value is -2.84. The minimum absolute atomic E-state index is 0.259. The normalized spacial score (nSPS) is 20.8. The van der Waals surface area contributed by atoms with Gasteiger partial charge in [0.15, 0.2) is 0 Å². The van der Waals surface area contributed by atoms with Crippen LogP contribution in [0.15, 0.2) is 18.2 Å². The number of carboxylic acid groups (broad SMARTS) is 1. The number of carbonyl (C=O) groups is 3. The smallest absolute Gasteiger partial charge is 0.407 e. The van der Waals surface area contributed by atoms with Crippen molar-refractivity contribution in [1.82, 2.24) is 10.2 Å². The van der Waals surface area contributed by atoms with E-state index in [-0.39, 0.29) is 18.2 Å². The van der Waals surface area contributed by atoms with Gasteiger partial charge in [-0.15, -0.1) is 0 Å². The molecule has 2 N–H and O–H groups in total. The van der Waals surface area contributed by atoms with Crippen molar-refractivity contribution in [3.05, 3.63) is 24.0 Å². The van der Waals surface area contributed by atoms with Crippen LogP contribution in [0.25, 0.3) is 0 Å². The molecule has 8 nitrogen and oxygen atoms in total. The van der Waals surface area contributed by atoms with Gasteiger partial charge in [-0.05, 0) is 24.6 Å². The fourth-order valence-electron chi connectivity index (χ4n) is 3.34. The van der Waals surface area contributed by atoms with Gasteiger partial charge in [0.25, 0.3) is 0 Å². The molecule has 3 amide bonds. The van der Waals surface area contributed by atoms with Crippen LogP contribution in [0.4, 0.5) is 20.6 Å². The predicted molar refractivity (Wildman–Crippen MR) is 92.8 cm³/mol. The molecule has 2 heterocycles. The largest absolute Gasteiger partial charge is 0.465 e. The van der Waals surface area contributed by atoms with Crippen molar-refractivity contribution in [3.8, 4) is 0 Å². The number of piperidine rings is 1. The summed E-state index contributed by atoms with van der Waals surface area (Å²) in [5.74, 6) is -1.09. The van der Waals surface area contributed by atoms with Gasteiger partial charge in [-0.2, -0.15) is 0 Å². The van der Waals surface area contributed by atoms with Gasteiger partial charge >= 0.3 is 6.09 Å². The summed E-state index contributed by atoms with van der Waals surface area (Å²) in [5.41, 5.74) is 0.959. The number of anilines is 2. The molecule has 0 bridgehead atoms. The molecule has 2 aliphatic rings. The fraction of sp³-hybridized carbons (Fsp3) is 0.471. The highest BCUT2D eigenvalue weighted by molar-refractivity contribution is 6.01. The Morgan fingerprint density at radius 3 is 2.54 bits per heavy atom. The summed E-state index contributed by atoms with van der Waals surface area (Å²) in [4.78, 5) is 39.0. The summed E-state index contributed by atoms with van der Waals surface area (Å²) in [6.07, 6.45) is -0.317. The molecule has 0 radical (unpaired) electrons. The molecule has 0 spiro atoms. The summed E-state index contributed by atoms with van der Waals surface area (Å²) in [5, 5.41) is 11.3. The SMILES string of the molecule is CN(c1ccc(N2CCN(C(=O)O)CC2)c(F)c1)C1CCC(=O)NC1=O. The number of rotatable bonds is 3. The van der Waals surface area contributed by atoms with Gasteiger partial charge in [-0.25, -0.2) is 9.18 Å². The molecular weight excluding hydrogens is 343 g/mol. The maximum Gasteiger partial charge on any atom is 0.407 e. The Balaban J connectivity index is 1.70. The Labute approximate surface area is 150 Å². The zero-order valence-corrected chi connectivity index (χ0v) is 14.4. The summed E-state index contributed by atoms with van der Waals surface area (Å²) < 4.78 is 14.6. The monoisotopic (exact) mass is 364 g/mol. The molecule has 0 aromatic heterocycles. The van der Waals surface area contributed by atoms with Crippen molar-refractivity contribution < 1.29 is 23.9 Å². The molecular formula is C17H21FN4O4. The van der Waals surface area contributed by atoms with Crippen molar-refractivity contribution in [2.45, 2.75) is 18.9 Å². The molecule has 3 rings (SSSR count). The first-order chi connectivity index (χ1) is 12.4. The van der Waals surface area contributed by atoms with Crippen molar-refractivity contribution in [2.24, 2.45) is 0 Å². The van der Waals surface area contributed by atoms with E-state index >= 15 is 0 Å². The van der Waals surface area contributed by atoms with Crippen LogP contribution in [0.3, 0.4) is 0 Å². The average Bonchev–Trinajstić information content (AvgIpc) is 2.61. The maximum absolute atomic E-state index is 14.6. The number of hydrogen-bond acceptors (Lipinski definition) is 5. The second-order valence-corrected chi connectivity index (χ2v) is 6.47. The van der Waals surface area contributed by atoms with Crippen LogP contribution in [0.2, 0.25) is 0 Å². The Morgan fingerprint density at radius 2 is 1.96 bits per heavy atom. The van der Waals surface area contributed by atoms with E-state index in [0.29, 0.717) is 44.0 Å². The first-order valence-corrected chi connectivity index (χ1v) is 8.45. The average molecular weight is 364 g/mol. The molecule has 1 atom stereocenters. The summed E-state index contributed by atoms with van der Waals surface area (Å²) in [6, 6.07) is 4.22. The molecule has 0 saturated carbocycles. The van der Waals surface area contributed by atoms with Gasteiger partial charge in [0, 0.05) is 45.3 Å². The van der Waals surface area contributed by atoms with Crippen molar-refractivity contribution >= 4 is 29.3 Å². The number of halogens is 1. The number of nitrogens with zero attached hydrogens (tertiary/aromatic N) is 3. The van der Waals surface area contributed by atoms with Gasteiger partial charge in [0.1, 0.15) is 11.9 Å². The minimum atomic E-state index is -0.966. The number of carbonyl (C=O) groups excluding carboxylic acids is 2. The molecule has 2 saturated heterocycles. The number of imide groups is 1. The number of nitrogens with one attached hydrogen (secondary N) is 1. The molecule has 140 valence electrons. The second-order valence-electron chi connectivity index (χ2n) is 6.47. The van der Waals surface area contributed by atoms with Gasteiger partial charge < -0.3 is 19.8 Å². The Bertz CT molecular complexity index is 733. The summed E-state index contributed by atoms with van der Waals surface area (Å²) in [6.45, 7) is 1.50. The Morgan fingerprint density at radius 1 is 1.27 bits per heavy atom. The van der Waals surface area contributed by atoms with E-state index in [2.05, 4.69) is 5.32 Å². The fourth-order valence-corrected chi connectivity index (χ4v) is 3.34. The molecule has 26 heavy (non-hydrogen) atoms. The van der Waals surface area contributed by atoms with E-state index in [1.807, 2.05) is 4.90 Å². The second kappa shape index (κ2) is 7.19. The lowest BCUT2D eigenvalue weighted by atomic mass is 10.0. The number of benzene rings is 1. The molecule has 2 aliphatic heterocycles. The Kier molecular flexibility index (Phi) is 4.97. The lowest BCUT2D eigenvalue weighted by Gasteiger charge is -2.35. The third-order valence-electron chi connectivity index (χ3n) is 4.91. The molecule has 1 aromatic rings. The van der Waals surface area contributed by atoms with Crippen molar-refractivity contribution in [3.63, 3.8) is 0 Å². The van der Waals surface area contributed by atoms with Crippen LogP contribution in [-0.2, 0) is 9.59 Å². The minimum Gasteiger partial charge on any atom is -0.465 e. The zero-order chi connectivity index (χ0) is 18.8. The quantitative estimate of drug-likeness (QED) is 0.773. The topological polar surface area (TPSA) is 93.2 Å². The number of hydrogen-bond donors (Lipinski definition) is 2. The lowest BCUT2D eigenvalue weighted by Crippen LogP contribution is -2.51. The van der Waals surface area contributed by atoms with E-state index in [0.717, 1.165) is 0 Å². The van der Waals surface area contributed by atoms with E-state index in [1.54, 1.807) is 24.1 Å². The standard InChI is InChI=1S/C17H21FN4O4/c1-20(14-4-5-15(23)19-16(14)24)11-2-3-13(12(18)10-11)21-6-8-22(9-7-21)17(25)26/h2-3,10,14H,4-9H2,1H3,(H,25,26)(H,19,23,24). The predicted octanol–water partition coefficient (Wildman–Crippen LogP) is 0.867. The first kappa shape index (κ1) is 18.0. The first-order valence-electron chi connectivity index (χ1n) is 8.45. The van der Waals surface area contributed by atoms with E-state index < -0.39 is 18.0 Å². The maximum atomic E-state index is 14.6. The number of likely N-dealkylation sites (N-methyl/N-ethyl adjacent to an activating group) is 1. The van der Waals surface area contributed by atoms with Gasteiger partial charge in [0.2, 0.25) is 11.8 Å². The van der Waals surface area contributed by atoms with E-state index in [4.69, 9.17) is 5.11 Å². The molecule has 2 fully saturated rings. The van der Waals surface area contributed by atoms with Crippen LogP contribution in [0.1, 0.15) is 12.8 Å². The molecule has 0 aliphatic carbocycles. The molecule has 9 heteroatoms. The van der Waals surface area contributed by atoms with E-state index in [1.165, 1.54) is 11.0 Å². The van der Waals surface area contributed by atoms with Crippen LogP contribution < -0.4 is 15.1 Å².